The van der Waals surface area contributed by atoms with Crippen LogP contribution in [-0.2, 0) is 19.2 Å². The van der Waals surface area contributed by atoms with Gasteiger partial charge in [0.25, 0.3) is 0 Å². The highest BCUT2D eigenvalue weighted by atomic mass is 16.7. The van der Waals surface area contributed by atoms with Crippen molar-refractivity contribution in [1.29, 1.82) is 0 Å². The lowest BCUT2D eigenvalue weighted by molar-refractivity contribution is -0.231. The van der Waals surface area contributed by atoms with Crippen LogP contribution in [0.25, 0.3) is 0 Å². The van der Waals surface area contributed by atoms with Crippen LogP contribution in [0.3, 0.4) is 0 Å². The molecule has 0 heterocycles. The zero-order valence-corrected chi connectivity index (χ0v) is 10.2. The smallest absolute Gasteiger partial charge is 0.303 e. The van der Waals surface area contributed by atoms with E-state index in [9.17, 15) is 14.4 Å². The van der Waals surface area contributed by atoms with Gasteiger partial charge in [-0.2, -0.15) is 0 Å². The van der Waals surface area contributed by atoms with Crippen LogP contribution in [0.1, 0.15) is 33.6 Å². The number of carbonyl (C=O) groups is 3. The van der Waals surface area contributed by atoms with Gasteiger partial charge in [-0.3, -0.25) is 19.2 Å². The minimum absolute atomic E-state index is 0.0838. The van der Waals surface area contributed by atoms with Gasteiger partial charge in [0, 0.05) is 6.42 Å². The van der Waals surface area contributed by atoms with Gasteiger partial charge < -0.3 is 10.8 Å². The molecule has 7 nitrogen and oxygen atoms in total. The molecule has 2 amide bonds. The molecule has 0 aliphatic carbocycles. The molecule has 0 aliphatic heterocycles. The number of hydrogen-bond donors (Lipinski definition) is 2. The van der Waals surface area contributed by atoms with Crippen LogP contribution in [-0.4, -0.2) is 40.1 Å². The number of rotatable bonds is 7. The Morgan fingerprint density at radius 1 is 1.47 bits per heavy atom. The molecule has 1 atom stereocenters. The monoisotopic (exact) mass is 246 g/mol. The molecule has 0 aromatic heterocycles. The maximum atomic E-state index is 11.1. The number of amides is 2. The van der Waals surface area contributed by atoms with Gasteiger partial charge in [-0.1, -0.05) is 0 Å². The van der Waals surface area contributed by atoms with Crippen molar-refractivity contribution in [1.82, 2.24) is 5.06 Å². The van der Waals surface area contributed by atoms with E-state index in [4.69, 9.17) is 15.7 Å². The number of nitrogens with zero attached hydrogens (tertiary/aromatic N) is 1. The van der Waals surface area contributed by atoms with Gasteiger partial charge in [0.05, 0.1) is 5.60 Å². The van der Waals surface area contributed by atoms with Gasteiger partial charge in [-0.15, -0.1) is 0 Å². The lowest BCUT2D eigenvalue weighted by Gasteiger charge is -2.31. The van der Waals surface area contributed by atoms with Crippen LogP contribution in [0, 0.1) is 0 Å². The third-order valence-corrected chi connectivity index (χ3v) is 1.75. The Labute approximate surface area is 99.5 Å². The summed E-state index contributed by atoms with van der Waals surface area (Å²) in [5, 5.41) is 9.30. The molecule has 17 heavy (non-hydrogen) atoms. The number of hydroxylamine groups is 2. The number of carboxylic acids is 1. The number of primary amides is 1. The quantitative estimate of drug-likeness (QED) is 0.481. The number of nitrogens with two attached hydrogens (primary N) is 1. The largest absolute Gasteiger partial charge is 0.481 e. The molecule has 0 spiro atoms. The van der Waals surface area contributed by atoms with E-state index in [0.717, 1.165) is 5.06 Å². The van der Waals surface area contributed by atoms with Crippen LogP contribution in [0.2, 0.25) is 0 Å². The van der Waals surface area contributed by atoms with Gasteiger partial charge >= 0.3 is 5.97 Å². The Hall–Kier alpha value is -1.63. The van der Waals surface area contributed by atoms with Crippen molar-refractivity contribution < 1.29 is 24.3 Å². The molecular formula is C10H18N2O5. The molecule has 0 saturated heterocycles. The third kappa shape index (κ3) is 6.52. The minimum Gasteiger partial charge on any atom is -0.481 e. The molecule has 98 valence electrons. The van der Waals surface area contributed by atoms with Gasteiger partial charge in [0.2, 0.25) is 12.3 Å². The van der Waals surface area contributed by atoms with Crippen molar-refractivity contribution in [3.05, 3.63) is 0 Å². The SMILES string of the molecule is CC(C)(C)ON(C=O)[C@@H](CCC(=O)O)C(N)=O. The van der Waals surface area contributed by atoms with Gasteiger partial charge in [0.1, 0.15) is 6.04 Å². The maximum absolute atomic E-state index is 11.1. The number of carbonyl (C=O) groups excluding carboxylic acids is 2. The highest BCUT2D eigenvalue weighted by molar-refractivity contribution is 5.82. The van der Waals surface area contributed by atoms with E-state index >= 15 is 0 Å². The predicted molar refractivity (Wildman–Crippen MR) is 58.6 cm³/mol. The van der Waals surface area contributed by atoms with Crippen molar-refractivity contribution in [2.24, 2.45) is 5.73 Å². The summed E-state index contributed by atoms with van der Waals surface area (Å²) in [6, 6.07) is -1.08. The third-order valence-electron chi connectivity index (χ3n) is 1.75. The Kier molecular flexibility index (Phi) is 5.60. The minimum atomic E-state index is -1.08. The molecule has 0 fully saturated rings. The van der Waals surface area contributed by atoms with Gasteiger partial charge in [0.15, 0.2) is 0 Å². The van der Waals surface area contributed by atoms with Crippen LogP contribution in [0.4, 0.5) is 0 Å². The van der Waals surface area contributed by atoms with E-state index < -0.39 is 23.5 Å². The van der Waals surface area contributed by atoms with E-state index in [0.29, 0.717) is 6.41 Å². The van der Waals surface area contributed by atoms with Crippen molar-refractivity contribution in [2.45, 2.75) is 45.3 Å². The Morgan fingerprint density at radius 2 is 2.00 bits per heavy atom. The van der Waals surface area contributed by atoms with E-state index in [1.54, 1.807) is 20.8 Å². The lowest BCUT2D eigenvalue weighted by Crippen LogP contribution is -2.47. The standard InChI is InChI=1S/C10H18N2O5/c1-10(2,3)17-12(6-13)7(9(11)16)4-5-8(14)15/h6-7H,4-5H2,1-3H3,(H2,11,16)(H,14,15)/t7-/m0/s1. The summed E-state index contributed by atoms with van der Waals surface area (Å²) < 4.78 is 0. The van der Waals surface area contributed by atoms with Crippen molar-refractivity contribution >= 4 is 18.3 Å². The Balaban J connectivity index is 4.69. The second-order valence-corrected chi connectivity index (χ2v) is 4.52. The van der Waals surface area contributed by atoms with E-state index in [1.165, 1.54) is 0 Å². The lowest BCUT2D eigenvalue weighted by atomic mass is 10.1. The summed E-state index contributed by atoms with van der Waals surface area (Å²) in [6.45, 7) is 5.08. The molecule has 0 aliphatic rings. The molecule has 7 heteroatoms. The van der Waals surface area contributed by atoms with Crippen LogP contribution in [0.15, 0.2) is 0 Å². The Bertz CT molecular complexity index is 298. The zero-order chi connectivity index (χ0) is 13.6. The van der Waals surface area contributed by atoms with Crippen LogP contribution in [0.5, 0.6) is 0 Å². The average Bonchev–Trinajstić information content (AvgIpc) is 2.13. The molecule has 0 unspecified atom stereocenters. The second kappa shape index (κ2) is 6.19. The predicted octanol–water partition coefficient (Wildman–Crippen LogP) is -0.106. The van der Waals surface area contributed by atoms with E-state index in [-0.39, 0.29) is 12.8 Å². The van der Waals surface area contributed by atoms with Crippen molar-refractivity contribution in [3.8, 4) is 0 Å². The highest BCUT2D eigenvalue weighted by Gasteiger charge is 2.28. The maximum Gasteiger partial charge on any atom is 0.303 e. The summed E-state index contributed by atoms with van der Waals surface area (Å²) in [6.07, 6.45) is -0.0343. The summed E-state index contributed by atoms with van der Waals surface area (Å²) in [4.78, 5) is 37.6. The van der Waals surface area contributed by atoms with Crippen molar-refractivity contribution in [2.75, 3.05) is 0 Å². The first-order valence-corrected chi connectivity index (χ1v) is 5.11. The summed E-state index contributed by atoms with van der Waals surface area (Å²) >= 11 is 0. The fourth-order valence-electron chi connectivity index (χ4n) is 1.13. The summed E-state index contributed by atoms with van der Waals surface area (Å²) in [5.41, 5.74) is 4.42. The fourth-order valence-corrected chi connectivity index (χ4v) is 1.13. The highest BCUT2D eigenvalue weighted by Crippen LogP contribution is 2.14. The first kappa shape index (κ1) is 15.4. The van der Waals surface area contributed by atoms with Crippen LogP contribution < -0.4 is 5.73 Å². The molecule has 0 rings (SSSR count). The molecule has 0 aromatic rings. The molecule has 0 bridgehead atoms. The first-order valence-electron chi connectivity index (χ1n) is 5.11. The van der Waals surface area contributed by atoms with E-state index in [2.05, 4.69) is 0 Å². The topological polar surface area (TPSA) is 110 Å². The summed E-state index contributed by atoms with van der Waals surface area (Å²) in [5.74, 6) is -1.87. The van der Waals surface area contributed by atoms with Gasteiger partial charge in [-0.25, -0.2) is 5.06 Å². The van der Waals surface area contributed by atoms with Gasteiger partial charge in [-0.05, 0) is 27.2 Å². The number of aliphatic carboxylic acids is 1. The molecule has 0 saturated carbocycles. The molecule has 0 aromatic carbocycles. The summed E-state index contributed by atoms with van der Waals surface area (Å²) in [7, 11) is 0. The second-order valence-electron chi connectivity index (χ2n) is 4.52. The van der Waals surface area contributed by atoms with E-state index in [1.807, 2.05) is 0 Å². The number of carboxylic acid groups (broad SMARTS) is 1. The first-order chi connectivity index (χ1) is 7.67. The molecular weight excluding hydrogens is 228 g/mol. The fraction of sp³-hybridized carbons (Fsp3) is 0.700. The van der Waals surface area contributed by atoms with Crippen molar-refractivity contribution in [3.63, 3.8) is 0 Å². The zero-order valence-electron chi connectivity index (χ0n) is 10.2. The molecule has 0 radical (unpaired) electrons. The average molecular weight is 246 g/mol. The number of hydrogen-bond acceptors (Lipinski definition) is 4. The molecule has 3 N–H and O–H groups in total. The van der Waals surface area contributed by atoms with Crippen LogP contribution >= 0.6 is 0 Å². The normalized spacial score (nSPS) is 12.9. The Morgan fingerprint density at radius 3 is 2.29 bits per heavy atom.